The van der Waals surface area contributed by atoms with Crippen LogP contribution in [0.4, 0.5) is 14.5 Å². The number of ether oxygens (including phenoxy) is 2. The number of carbonyl (C=O) groups excluding carboxylic acids is 1. The van der Waals surface area contributed by atoms with Gasteiger partial charge in [-0.25, -0.2) is 13.6 Å². The van der Waals surface area contributed by atoms with Gasteiger partial charge in [-0.1, -0.05) is 24.3 Å². The summed E-state index contributed by atoms with van der Waals surface area (Å²) in [5, 5.41) is 8.16. The van der Waals surface area contributed by atoms with Gasteiger partial charge in [-0.15, -0.1) is 8.78 Å². The Morgan fingerprint density at radius 3 is 2.47 bits per heavy atom. The van der Waals surface area contributed by atoms with Crippen LogP contribution >= 0.6 is 0 Å². The van der Waals surface area contributed by atoms with E-state index in [2.05, 4.69) is 14.8 Å². The van der Waals surface area contributed by atoms with Crippen molar-refractivity contribution in [3.63, 3.8) is 0 Å². The van der Waals surface area contributed by atoms with E-state index < -0.39 is 21.7 Å². The van der Waals surface area contributed by atoms with E-state index in [4.69, 9.17) is 5.14 Å². The Morgan fingerprint density at radius 2 is 1.76 bits per heavy atom. The Morgan fingerprint density at radius 1 is 1.03 bits per heavy atom. The fourth-order valence-corrected chi connectivity index (χ4v) is 4.68. The second kappa shape index (κ2) is 7.51. The van der Waals surface area contributed by atoms with Crippen molar-refractivity contribution < 1.29 is 34.3 Å². The van der Waals surface area contributed by atoms with Crippen molar-refractivity contribution >= 4 is 21.6 Å². The lowest BCUT2D eigenvalue weighted by Gasteiger charge is -2.17. The molecular weight excluding hydrogens is 466 g/mol. The monoisotopic (exact) mass is 490 g/mol. The van der Waals surface area contributed by atoms with Crippen LogP contribution in [0.1, 0.15) is 26.8 Å². The number of amides is 1. The lowest BCUT2D eigenvalue weighted by molar-refractivity contribution is -0.286. The molecule has 0 saturated heterocycles. The summed E-state index contributed by atoms with van der Waals surface area (Å²) >= 11 is 0. The molecule has 3 aromatic rings. The van der Waals surface area contributed by atoms with E-state index in [1.807, 2.05) is 13.0 Å². The largest absolute Gasteiger partial charge is 0.586 e. The maximum Gasteiger partial charge on any atom is 0.586 e. The summed E-state index contributed by atoms with van der Waals surface area (Å²) in [5.41, 5.74) is 2.48. The van der Waals surface area contributed by atoms with E-state index in [0.717, 1.165) is 11.1 Å². The van der Waals surface area contributed by atoms with E-state index in [9.17, 15) is 22.0 Å². The Balaban J connectivity index is 0.00000180. The summed E-state index contributed by atoms with van der Waals surface area (Å²) in [6, 6.07) is 16.0. The van der Waals surface area contributed by atoms with Crippen LogP contribution in [0.3, 0.4) is 0 Å². The Kier molecular flexibility index (Phi) is 4.92. The Hall–Kier alpha value is -3.50. The van der Waals surface area contributed by atoms with E-state index >= 15 is 0 Å². The van der Waals surface area contributed by atoms with Crippen LogP contribution in [-0.4, -0.2) is 20.6 Å². The van der Waals surface area contributed by atoms with Gasteiger partial charge in [-0.05, 0) is 78.4 Å². The molecule has 0 unspecified atom stereocenters. The second-order valence-electron chi connectivity index (χ2n) is 8.47. The van der Waals surface area contributed by atoms with Gasteiger partial charge in [-0.3, -0.25) is 4.79 Å². The first-order valence-corrected chi connectivity index (χ1v) is 12.0. The van der Waals surface area contributed by atoms with Crippen molar-refractivity contribution in [1.29, 1.82) is 0 Å². The minimum atomic E-state index is -3.86. The Bertz CT molecular complexity index is 1450. The van der Waals surface area contributed by atoms with Crippen molar-refractivity contribution in [3.05, 3.63) is 71.8 Å². The number of nitrogens with one attached hydrogen (secondary N) is 1. The molecule has 1 aliphatic heterocycles. The van der Waals surface area contributed by atoms with Crippen molar-refractivity contribution in [1.82, 2.24) is 0 Å². The first-order chi connectivity index (χ1) is 16.0. The first-order valence-electron chi connectivity index (χ1n) is 10.4. The van der Waals surface area contributed by atoms with E-state index in [1.54, 1.807) is 30.3 Å². The molecule has 3 aromatic carbocycles. The molecule has 0 spiro atoms. The van der Waals surface area contributed by atoms with Gasteiger partial charge in [0.1, 0.15) is 0 Å². The Labute approximate surface area is 197 Å². The number of hydrogen-bond acceptors (Lipinski definition) is 5. The molecule has 1 heterocycles. The number of alkyl halides is 2. The van der Waals surface area contributed by atoms with Gasteiger partial charge in [0.2, 0.25) is 15.9 Å². The summed E-state index contributed by atoms with van der Waals surface area (Å²) in [7, 11) is -3.86. The number of benzene rings is 3. The van der Waals surface area contributed by atoms with Gasteiger partial charge in [0.05, 0.1) is 10.3 Å². The molecule has 0 atom stereocenters. The van der Waals surface area contributed by atoms with Gasteiger partial charge < -0.3 is 14.8 Å². The summed E-state index contributed by atoms with van der Waals surface area (Å²) in [5.74, 6) is -0.449. The standard InChI is InChI=1S/C24H20F2N2O5S.2H2/c1-14-5-7-17(13-19(14)15-3-2-4-18(11-15)34(27,30)31)28-22(29)23(9-10-23)16-6-8-20-21(12-16)33-24(25,26)32-20;;/h2-8,11-13H,9-10H2,1H3,(H,28,29)(H2,27,30,31);2*1H. The molecule has 1 saturated carbocycles. The van der Waals surface area contributed by atoms with Crippen LogP contribution in [0.5, 0.6) is 11.5 Å². The van der Waals surface area contributed by atoms with E-state index in [-0.39, 0.29) is 25.2 Å². The van der Waals surface area contributed by atoms with Gasteiger partial charge in [0.15, 0.2) is 11.5 Å². The molecule has 7 nitrogen and oxygen atoms in total. The van der Waals surface area contributed by atoms with Gasteiger partial charge in [-0.2, -0.15) is 0 Å². The zero-order valence-electron chi connectivity index (χ0n) is 18.0. The van der Waals surface area contributed by atoms with Crippen LogP contribution in [0, 0.1) is 6.92 Å². The van der Waals surface area contributed by atoms with Gasteiger partial charge in [0.25, 0.3) is 0 Å². The quantitative estimate of drug-likeness (QED) is 0.535. The molecule has 0 aromatic heterocycles. The molecule has 34 heavy (non-hydrogen) atoms. The molecule has 1 fully saturated rings. The number of primary sulfonamides is 1. The summed E-state index contributed by atoms with van der Waals surface area (Å²) in [6.45, 7) is 1.87. The summed E-state index contributed by atoms with van der Waals surface area (Å²) in [4.78, 5) is 13.2. The van der Waals surface area contributed by atoms with E-state index in [0.29, 0.717) is 29.7 Å². The molecule has 1 amide bonds. The highest BCUT2D eigenvalue weighted by Crippen LogP contribution is 2.52. The third-order valence-corrected chi connectivity index (χ3v) is 7.02. The normalized spacial score (nSPS) is 17.3. The van der Waals surface area contributed by atoms with Crippen molar-refractivity contribution in [2.45, 2.75) is 36.4 Å². The SMILES string of the molecule is Cc1ccc(NC(=O)C2(c3ccc4c(c3)OC(F)(F)O4)CC2)cc1-c1cccc(S(N)(=O)=O)c1.[HH].[HH]. The summed E-state index contributed by atoms with van der Waals surface area (Å²) in [6.07, 6.45) is -2.60. The maximum absolute atomic E-state index is 13.4. The zero-order valence-corrected chi connectivity index (χ0v) is 18.8. The molecule has 3 N–H and O–H groups in total. The lowest BCUT2D eigenvalue weighted by Crippen LogP contribution is -2.28. The first kappa shape index (κ1) is 22.3. The van der Waals surface area contributed by atoms with E-state index in [1.165, 1.54) is 24.3 Å². The lowest BCUT2D eigenvalue weighted by atomic mass is 9.94. The average molecular weight is 491 g/mol. The van der Waals surface area contributed by atoms with Crippen LogP contribution in [0.2, 0.25) is 0 Å². The number of anilines is 1. The number of sulfonamides is 1. The molecule has 0 radical (unpaired) electrons. The highest BCUT2D eigenvalue weighted by atomic mass is 32.2. The molecule has 1 aliphatic carbocycles. The number of fused-ring (bicyclic) bond motifs is 1. The third-order valence-electron chi connectivity index (χ3n) is 6.11. The zero-order chi connectivity index (χ0) is 24.3. The molecule has 2 aliphatic rings. The molecule has 10 heteroatoms. The number of nitrogens with two attached hydrogens (primary N) is 1. The minimum absolute atomic E-state index is 0. The van der Waals surface area contributed by atoms with Crippen LogP contribution in [0.25, 0.3) is 11.1 Å². The smallest absolute Gasteiger partial charge is 0.395 e. The van der Waals surface area contributed by atoms with Gasteiger partial charge >= 0.3 is 6.29 Å². The van der Waals surface area contributed by atoms with Crippen molar-refractivity contribution in [2.24, 2.45) is 5.14 Å². The number of hydrogen-bond donors (Lipinski definition) is 2. The fraction of sp³-hybridized carbons (Fsp3) is 0.208. The molecule has 5 rings (SSSR count). The second-order valence-corrected chi connectivity index (χ2v) is 10.0. The van der Waals surface area contributed by atoms with Crippen molar-refractivity contribution in [2.75, 3.05) is 5.32 Å². The van der Waals surface area contributed by atoms with Crippen LogP contribution in [-0.2, 0) is 20.2 Å². The topological polar surface area (TPSA) is 108 Å². The minimum Gasteiger partial charge on any atom is -0.395 e. The maximum atomic E-state index is 13.4. The fourth-order valence-electron chi connectivity index (χ4n) is 4.12. The van der Waals surface area contributed by atoms with Crippen LogP contribution < -0.4 is 19.9 Å². The summed E-state index contributed by atoms with van der Waals surface area (Å²) < 4.78 is 59.2. The number of rotatable bonds is 5. The van der Waals surface area contributed by atoms with Gasteiger partial charge in [0, 0.05) is 8.54 Å². The number of halogens is 2. The average Bonchev–Trinajstić information content (AvgIpc) is 3.51. The molecular formula is C24H24F2N2O5S. The number of carbonyl (C=O) groups is 1. The number of aryl methyl sites for hydroxylation is 1. The molecule has 180 valence electrons. The predicted octanol–water partition coefficient (Wildman–Crippen LogP) is 4.79. The molecule has 0 bridgehead atoms. The highest BCUT2D eigenvalue weighted by molar-refractivity contribution is 7.89. The third kappa shape index (κ3) is 3.99. The van der Waals surface area contributed by atoms with Crippen molar-refractivity contribution in [3.8, 4) is 22.6 Å². The predicted molar refractivity (Wildman–Crippen MR) is 124 cm³/mol. The highest BCUT2D eigenvalue weighted by Gasteiger charge is 2.52. The van der Waals surface area contributed by atoms with Crippen LogP contribution in [0.15, 0.2) is 65.6 Å².